The number of hydrogen-bond acceptors (Lipinski definition) is 3. The van der Waals surface area contributed by atoms with Crippen LogP contribution in [0.4, 0.5) is 0 Å². The molecule has 0 bridgehead atoms. The minimum Gasteiger partial charge on any atom is -0.495 e. The zero-order valence-electron chi connectivity index (χ0n) is 9.07. The Bertz CT molecular complexity index is 482. The standard InChI is InChI=1S/C10H7NOS.C2H6/c1-12-9-4-2-3-7-5-8(6-11)13-10(7)9;1-2/h2-5H,1H3;1-2H3. The summed E-state index contributed by atoms with van der Waals surface area (Å²) in [5, 5.41) is 9.79. The molecule has 2 rings (SSSR count). The molecule has 0 amide bonds. The first kappa shape index (κ1) is 11.5. The van der Waals surface area contributed by atoms with Gasteiger partial charge < -0.3 is 4.74 Å². The minimum atomic E-state index is 0.722. The Kier molecular flexibility index (Phi) is 4.14. The first-order chi connectivity index (χ1) is 7.35. The molecule has 78 valence electrons. The van der Waals surface area contributed by atoms with E-state index in [2.05, 4.69) is 6.07 Å². The van der Waals surface area contributed by atoms with Crippen LogP contribution in [0.3, 0.4) is 0 Å². The normalized spacial score (nSPS) is 8.93. The van der Waals surface area contributed by atoms with Crippen LogP contribution in [0.5, 0.6) is 5.75 Å². The molecule has 0 aliphatic rings. The minimum absolute atomic E-state index is 0.722. The number of rotatable bonds is 1. The predicted molar refractivity (Wildman–Crippen MR) is 64.4 cm³/mol. The average Bonchev–Trinajstić information content (AvgIpc) is 2.74. The molecule has 3 heteroatoms. The van der Waals surface area contributed by atoms with E-state index in [0.29, 0.717) is 0 Å². The van der Waals surface area contributed by atoms with Crippen molar-refractivity contribution in [2.45, 2.75) is 13.8 Å². The topological polar surface area (TPSA) is 33.0 Å². The summed E-state index contributed by atoms with van der Waals surface area (Å²) in [4.78, 5) is 0.722. The Morgan fingerprint density at radius 1 is 1.33 bits per heavy atom. The third kappa shape index (κ3) is 2.28. The van der Waals surface area contributed by atoms with Crippen molar-refractivity contribution in [2.75, 3.05) is 7.11 Å². The molecule has 0 N–H and O–H groups in total. The van der Waals surface area contributed by atoms with Crippen LogP contribution in [0.25, 0.3) is 10.1 Å². The molecule has 0 aliphatic heterocycles. The van der Waals surface area contributed by atoms with E-state index in [0.717, 1.165) is 20.7 Å². The summed E-state index contributed by atoms with van der Waals surface area (Å²) in [5.74, 6) is 0.837. The second-order valence-electron chi connectivity index (χ2n) is 2.60. The van der Waals surface area contributed by atoms with Crippen molar-refractivity contribution in [3.05, 3.63) is 29.1 Å². The zero-order valence-corrected chi connectivity index (χ0v) is 9.89. The van der Waals surface area contributed by atoms with Gasteiger partial charge in [-0.2, -0.15) is 5.26 Å². The first-order valence-electron chi connectivity index (χ1n) is 4.82. The van der Waals surface area contributed by atoms with Crippen molar-refractivity contribution in [1.82, 2.24) is 0 Å². The molecule has 15 heavy (non-hydrogen) atoms. The number of methoxy groups -OCH3 is 1. The van der Waals surface area contributed by atoms with E-state index in [1.807, 2.05) is 38.1 Å². The van der Waals surface area contributed by atoms with Crippen molar-refractivity contribution in [1.29, 1.82) is 5.26 Å². The van der Waals surface area contributed by atoms with Crippen LogP contribution in [0.1, 0.15) is 18.7 Å². The number of ether oxygens (including phenoxy) is 1. The summed E-state index contributed by atoms with van der Waals surface area (Å²) < 4.78 is 6.23. The highest BCUT2D eigenvalue weighted by Gasteiger charge is 2.05. The molecular weight excluding hydrogens is 206 g/mol. The van der Waals surface area contributed by atoms with E-state index in [1.54, 1.807) is 7.11 Å². The van der Waals surface area contributed by atoms with Gasteiger partial charge in [-0.25, -0.2) is 0 Å². The monoisotopic (exact) mass is 219 g/mol. The largest absolute Gasteiger partial charge is 0.495 e. The Morgan fingerprint density at radius 3 is 2.67 bits per heavy atom. The summed E-state index contributed by atoms with van der Waals surface area (Å²) >= 11 is 1.46. The van der Waals surface area contributed by atoms with Gasteiger partial charge in [0.2, 0.25) is 0 Å². The first-order valence-corrected chi connectivity index (χ1v) is 5.63. The molecule has 0 atom stereocenters. The number of nitrogens with zero attached hydrogens (tertiary/aromatic N) is 1. The number of fused-ring (bicyclic) bond motifs is 1. The van der Waals surface area contributed by atoms with Crippen molar-refractivity contribution in [3.63, 3.8) is 0 Å². The quantitative estimate of drug-likeness (QED) is 0.730. The molecule has 0 fully saturated rings. The summed E-state index contributed by atoms with van der Waals surface area (Å²) in [6.45, 7) is 4.00. The molecule has 2 aromatic rings. The van der Waals surface area contributed by atoms with Gasteiger partial charge in [0.25, 0.3) is 0 Å². The molecule has 0 aliphatic carbocycles. The molecule has 0 saturated carbocycles. The van der Waals surface area contributed by atoms with E-state index >= 15 is 0 Å². The lowest BCUT2D eigenvalue weighted by Gasteiger charge is -1.98. The van der Waals surface area contributed by atoms with Crippen molar-refractivity contribution in [2.24, 2.45) is 0 Å². The predicted octanol–water partition coefficient (Wildman–Crippen LogP) is 3.81. The fraction of sp³-hybridized carbons (Fsp3) is 0.250. The SMILES string of the molecule is CC.COc1cccc2cc(C#N)sc12. The molecule has 0 unspecified atom stereocenters. The van der Waals surface area contributed by atoms with Crippen LogP contribution in [0.2, 0.25) is 0 Å². The van der Waals surface area contributed by atoms with Crippen molar-refractivity contribution >= 4 is 21.4 Å². The maximum Gasteiger partial charge on any atom is 0.136 e. The maximum atomic E-state index is 8.72. The molecule has 1 aromatic carbocycles. The molecule has 2 nitrogen and oxygen atoms in total. The summed E-state index contributed by atoms with van der Waals surface area (Å²) in [6, 6.07) is 9.82. The van der Waals surface area contributed by atoms with Gasteiger partial charge in [-0.05, 0) is 17.5 Å². The molecule has 0 radical (unpaired) electrons. The third-order valence-corrected chi connectivity index (χ3v) is 2.91. The number of hydrogen-bond donors (Lipinski definition) is 0. The summed E-state index contributed by atoms with van der Waals surface area (Å²) in [7, 11) is 1.64. The fourth-order valence-electron chi connectivity index (χ4n) is 1.25. The highest BCUT2D eigenvalue weighted by atomic mass is 32.1. The van der Waals surface area contributed by atoms with Crippen LogP contribution in [-0.2, 0) is 0 Å². The van der Waals surface area contributed by atoms with Crippen LogP contribution in [-0.4, -0.2) is 7.11 Å². The zero-order chi connectivity index (χ0) is 11.3. The molecule has 0 saturated heterocycles. The molecule has 0 spiro atoms. The summed E-state index contributed by atoms with van der Waals surface area (Å²) in [5.41, 5.74) is 0. The van der Waals surface area contributed by atoms with Gasteiger partial charge in [0.15, 0.2) is 0 Å². The van der Waals surface area contributed by atoms with Crippen LogP contribution in [0, 0.1) is 11.3 Å². The van der Waals surface area contributed by atoms with Gasteiger partial charge in [-0.1, -0.05) is 26.0 Å². The Hall–Kier alpha value is -1.53. The van der Waals surface area contributed by atoms with Gasteiger partial charge in [0.1, 0.15) is 16.7 Å². The van der Waals surface area contributed by atoms with E-state index in [4.69, 9.17) is 10.00 Å². The Morgan fingerprint density at radius 2 is 2.07 bits per heavy atom. The highest BCUT2D eigenvalue weighted by Crippen LogP contribution is 2.32. The number of benzene rings is 1. The van der Waals surface area contributed by atoms with Crippen LogP contribution >= 0.6 is 11.3 Å². The summed E-state index contributed by atoms with van der Waals surface area (Å²) in [6.07, 6.45) is 0. The number of nitriles is 1. The van der Waals surface area contributed by atoms with Gasteiger partial charge in [-0.15, -0.1) is 11.3 Å². The van der Waals surface area contributed by atoms with Gasteiger partial charge in [0, 0.05) is 0 Å². The van der Waals surface area contributed by atoms with E-state index in [1.165, 1.54) is 11.3 Å². The number of thiophene rings is 1. The Labute approximate surface area is 93.7 Å². The molecular formula is C12H13NOS. The smallest absolute Gasteiger partial charge is 0.136 e. The third-order valence-electron chi connectivity index (χ3n) is 1.84. The van der Waals surface area contributed by atoms with Crippen LogP contribution < -0.4 is 4.74 Å². The van der Waals surface area contributed by atoms with E-state index in [-0.39, 0.29) is 0 Å². The Balaban J connectivity index is 0.000000531. The van der Waals surface area contributed by atoms with Crippen LogP contribution in [0.15, 0.2) is 24.3 Å². The lowest BCUT2D eigenvalue weighted by Crippen LogP contribution is -1.80. The van der Waals surface area contributed by atoms with E-state index in [9.17, 15) is 0 Å². The van der Waals surface area contributed by atoms with Crippen molar-refractivity contribution < 1.29 is 4.74 Å². The lowest BCUT2D eigenvalue weighted by molar-refractivity contribution is 0.420. The maximum absolute atomic E-state index is 8.72. The lowest BCUT2D eigenvalue weighted by atomic mass is 10.2. The average molecular weight is 219 g/mol. The second kappa shape index (κ2) is 5.38. The van der Waals surface area contributed by atoms with Gasteiger partial charge in [-0.3, -0.25) is 0 Å². The molecule has 1 aromatic heterocycles. The van der Waals surface area contributed by atoms with Gasteiger partial charge in [0.05, 0.1) is 11.8 Å². The molecule has 1 heterocycles. The van der Waals surface area contributed by atoms with E-state index < -0.39 is 0 Å². The highest BCUT2D eigenvalue weighted by molar-refractivity contribution is 7.19. The van der Waals surface area contributed by atoms with Gasteiger partial charge >= 0.3 is 0 Å². The second-order valence-corrected chi connectivity index (χ2v) is 3.65. The fourth-order valence-corrected chi connectivity index (χ4v) is 2.20. The van der Waals surface area contributed by atoms with Crippen molar-refractivity contribution in [3.8, 4) is 11.8 Å².